The molecule has 2 aromatic carbocycles. The van der Waals surface area contributed by atoms with Crippen molar-refractivity contribution in [2.24, 2.45) is 10.8 Å². The van der Waals surface area contributed by atoms with Crippen LogP contribution in [-0.4, -0.2) is 37.3 Å². The quantitative estimate of drug-likeness (QED) is 0.604. The first-order valence-corrected chi connectivity index (χ1v) is 11.2. The number of aliphatic carboxylic acids is 1. The summed E-state index contributed by atoms with van der Waals surface area (Å²) in [7, 11) is 3.09. The predicted octanol–water partition coefficient (Wildman–Crippen LogP) is 4.66. The van der Waals surface area contributed by atoms with E-state index in [2.05, 4.69) is 26.1 Å². The molecule has 2 aliphatic rings. The number of carboxylic acid groups (broad SMARTS) is 1. The molecule has 1 aliphatic heterocycles. The summed E-state index contributed by atoms with van der Waals surface area (Å²) in [6.07, 6.45) is 1.16. The maximum absolute atomic E-state index is 12.3. The molecule has 0 saturated heterocycles. The summed E-state index contributed by atoms with van der Waals surface area (Å²) >= 11 is 0. The average Bonchev–Trinajstić information content (AvgIpc) is 3.50. The minimum atomic E-state index is -0.922. The van der Waals surface area contributed by atoms with E-state index in [0.717, 1.165) is 16.7 Å². The zero-order chi connectivity index (χ0) is 24.0. The third-order valence-electron chi connectivity index (χ3n) is 6.53. The van der Waals surface area contributed by atoms with E-state index in [0.29, 0.717) is 48.6 Å². The molecule has 1 heterocycles. The molecule has 33 heavy (non-hydrogen) atoms. The Kier molecular flexibility index (Phi) is 5.76. The molecular weight excluding hydrogens is 422 g/mol. The summed E-state index contributed by atoms with van der Waals surface area (Å²) in [6.45, 7) is 6.65. The summed E-state index contributed by atoms with van der Waals surface area (Å²) in [5.74, 6) is 0.392. The van der Waals surface area contributed by atoms with E-state index in [-0.39, 0.29) is 11.3 Å². The molecule has 2 aromatic rings. The van der Waals surface area contributed by atoms with Crippen LogP contribution in [0.15, 0.2) is 30.3 Å². The molecule has 1 aliphatic carbocycles. The molecule has 0 radical (unpaired) electrons. The monoisotopic (exact) mass is 453 g/mol. The fraction of sp³-hybridized carbons (Fsp3) is 0.462. The van der Waals surface area contributed by atoms with Crippen LogP contribution < -0.4 is 19.5 Å². The second-order valence-electron chi connectivity index (χ2n) is 10.0. The number of carboxylic acids is 1. The molecule has 4 rings (SSSR count). The van der Waals surface area contributed by atoms with Gasteiger partial charge in [-0.05, 0) is 54.0 Å². The van der Waals surface area contributed by atoms with Gasteiger partial charge in [0.15, 0.2) is 11.5 Å². The Morgan fingerprint density at radius 2 is 1.76 bits per heavy atom. The van der Waals surface area contributed by atoms with Gasteiger partial charge in [0.25, 0.3) is 5.91 Å². The number of methoxy groups -OCH3 is 2. The van der Waals surface area contributed by atoms with Crippen molar-refractivity contribution in [1.82, 2.24) is 5.32 Å². The minimum Gasteiger partial charge on any atom is -0.493 e. The number of carbonyl (C=O) groups excluding carboxylic acids is 1. The summed E-state index contributed by atoms with van der Waals surface area (Å²) in [5.41, 5.74) is 2.02. The van der Waals surface area contributed by atoms with Crippen molar-refractivity contribution >= 4 is 11.9 Å². The van der Waals surface area contributed by atoms with Crippen LogP contribution in [0.5, 0.6) is 17.2 Å². The fourth-order valence-corrected chi connectivity index (χ4v) is 4.59. The molecule has 1 amide bonds. The number of ether oxygens (including phenoxy) is 3. The summed E-state index contributed by atoms with van der Waals surface area (Å²) in [6, 6.07) is 9.26. The molecule has 1 unspecified atom stereocenters. The van der Waals surface area contributed by atoms with E-state index in [1.165, 1.54) is 7.11 Å². The van der Waals surface area contributed by atoms with E-state index < -0.39 is 17.5 Å². The smallest absolute Gasteiger partial charge is 0.313 e. The Labute approximate surface area is 194 Å². The lowest BCUT2D eigenvalue weighted by Crippen LogP contribution is -2.38. The zero-order valence-corrected chi connectivity index (χ0v) is 19.8. The number of hydrogen-bond acceptors (Lipinski definition) is 5. The first kappa shape index (κ1) is 23.0. The van der Waals surface area contributed by atoms with Gasteiger partial charge in [0.1, 0.15) is 11.5 Å². The van der Waals surface area contributed by atoms with E-state index in [1.54, 1.807) is 19.2 Å². The van der Waals surface area contributed by atoms with E-state index in [4.69, 9.17) is 14.2 Å². The summed E-state index contributed by atoms with van der Waals surface area (Å²) in [4.78, 5) is 24.5. The van der Waals surface area contributed by atoms with Gasteiger partial charge in [-0.2, -0.15) is 0 Å². The molecule has 0 spiro atoms. The normalized spacial score (nSPS) is 17.1. The molecular formula is C26H31NO6. The van der Waals surface area contributed by atoms with E-state index >= 15 is 0 Å². The van der Waals surface area contributed by atoms with Crippen LogP contribution >= 0.6 is 0 Å². The van der Waals surface area contributed by atoms with Crippen molar-refractivity contribution in [1.29, 1.82) is 0 Å². The lowest BCUT2D eigenvalue weighted by atomic mass is 9.82. The van der Waals surface area contributed by atoms with Gasteiger partial charge < -0.3 is 24.6 Å². The van der Waals surface area contributed by atoms with Crippen molar-refractivity contribution in [2.75, 3.05) is 14.2 Å². The molecule has 176 valence electrons. The highest BCUT2D eigenvalue weighted by Crippen LogP contribution is 2.55. The molecule has 1 fully saturated rings. The molecule has 0 aromatic heterocycles. The first-order chi connectivity index (χ1) is 15.6. The van der Waals surface area contributed by atoms with Gasteiger partial charge in [-0.1, -0.05) is 32.9 Å². The largest absolute Gasteiger partial charge is 0.493 e. The topological polar surface area (TPSA) is 94.1 Å². The number of nitrogens with one attached hydrogen (secondary N) is 1. The number of hydrogen-bond donors (Lipinski definition) is 2. The Hall–Kier alpha value is -3.22. The van der Waals surface area contributed by atoms with Gasteiger partial charge in [0.05, 0.1) is 14.2 Å². The SMILES string of the molecule is COc1ccc(-c2cccc3c2CNC3=O)c(OC(CC(C)(C)C)C2(C(=O)O)CC2)c1OC. The standard InChI is InChI=1S/C26H31NO6/c1-25(2,3)13-20(26(11-12-26)24(29)30)33-21-16(9-10-19(31-4)22(21)32-5)15-7-6-8-17-18(15)14-27-23(17)28/h6-10,20H,11-14H2,1-5H3,(H,27,28)(H,29,30). The number of benzene rings is 2. The second kappa shape index (κ2) is 8.28. The average molecular weight is 454 g/mol. The van der Waals surface area contributed by atoms with Crippen LogP contribution in [0.25, 0.3) is 11.1 Å². The maximum atomic E-state index is 12.3. The van der Waals surface area contributed by atoms with Gasteiger partial charge in [-0.15, -0.1) is 0 Å². The summed E-state index contributed by atoms with van der Waals surface area (Å²) in [5, 5.41) is 12.9. The van der Waals surface area contributed by atoms with Crippen molar-refractivity contribution in [3.05, 3.63) is 41.5 Å². The molecule has 0 bridgehead atoms. The molecule has 2 N–H and O–H groups in total. The highest BCUT2D eigenvalue weighted by molar-refractivity contribution is 6.01. The molecule has 1 saturated carbocycles. The van der Waals surface area contributed by atoms with Crippen LogP contribution in [0.1, 0.15) is 56.0 Å². The fourth-order valence-electron chi connectivity index (χ4n) is 4.59. The van der Waals surface area contributed by atoms with Gasteiger partial charge in [-0.25, -0.2) is 0 Å². The van der Waals surface area contributed by atoms with E-state index in [9.17, 15) is 14.7 Å². The molecule has 1 atom stereocenters. The van der Waals surface area contributed by atoms with Crippen LogP contribution in [0.2, 0.25) is 0 Å². The second-order valence-corrected chi connectivity index (χ2v) is 10.0. The highest BCUT2D eigenvalue weighted by atomic mass is 16.5. The van der Waals surface area contributed by atoms with Crippen LogP contribution in [-0.2, 0) is 11.3 Å². The van der Waals surface area contributed by atoms with E-state index in [1.807, 2.05) is 18.2 Å². The van der Waals surface area contributed by atoms with Crippen molar-refractivity contribution in [2.45, 2.75) is 52.7 Å². The Morgan fingerprint density at radius 3 is 2.33 bits per heavy atom. The zero-order valence-electron chi connectivity index (χ0n) is 19.8. The van der Waals surface area contributed by atoms with Gasteiger partial charge in [0, 0.05) is 17.7 Å². The third kappa shape index (κ3) is 4.12. The highest BCUT2D eigenvalue weighted by Gasteiger charge is 2.58. The lowest BCUT2D eigenvalue weighted by Gasteiger charge is -2.32. The Balaban J connectivity index is 1.88. The maximum Gasteiger partial charge on any atom is 0.313 e. The number of fused-ring (bicyclic) bond motifs is 1. The Bertz CT molecular complexity index is 1100. The number of rotatable bonds is 8. The third-order valence-corrected chi connectivity index (χ3v) is 6.53. The molecule has 7 nitrogen and oxygen atoms in total. The van der Waals surface area contributed by atoms with Crippen LogP contribution in [0.3, 0.4) is 0 Å². The summed E-state index contributed by atoms with van der Waals surface area (Å²) < 4.78 is 17.9. The first-order valence-electron chi connectivity index (χ1n) is 11.2. The predicted molar refractivity (Wildman–Crippen MR) is 124 cm³/mol. The van der Waals surface area contributed by atoms with Crippen molar-refractivity contribution in [3.63, 3.8) is 0 Å². The van der Waals surface area contributed by atoms with Gasteiger partial charge in [-0.3, -0.25) is 9.59 Å². The van der Waals surface area contributed by atoms with Crippen LogP contribution in [0.4, 0.5) is 0 Å². The lowest BCUT2D eigenvalue weighted by molar-refractivity contribution is -0.148. The van der Waals surface area contributed by atoms with Gasteiger partial charge in [0.2, 0.25) is 5.75 Å². The van der Waals surface area contributed by atoms with Crippen molar-refractivity contribution < 1.29 is 28.9 Å². The Morgan fingerprint density at radius 1 is 1.06 bits per heavy atom. The molecule has 7 heteroatoms. The van der Waals surface area contributed by atoms with Crippen LogP contribution in [0, 0.1) is 10.8 Å². The van der Waals surface area contributed by atoms with Gasteiger partial charge >= 0.3 is 5.97 Å². The minimum absolute atomic E-state index is 0.108. The number of amides is 1. The number of carbonyl (C=O) groups is 2. The van der Waals surface area contributed by atoms with Crippen molar-refractivity contribution in [3.8, 4) is 28.4 Å².